The van der Waals surface area contributed by atoms with Gasteiger partial charge in [0.25, 0.3) is 0 Å². The highest BCUT2D eigenvalue weighted by atomic mass is 16.4. The molecule has 0 aromatic carbocycles. The topological polar surface area (TPSA) is 92.4 Å². The zero-order valence-corrected chi connectivity index (χ0v) is 9.70. The van der Waals surface area contributed by atoms with Gasteiger partial charge in [-0.2, -0.15) is 0 Å². The first-order chi connectivity index (χ1) is 6.64. The molecule has 15 heavy (non-hydrogen) atoms. The molecule has 0 aliphatic rings. The highest BCUT2D eigenvalue weighted by Crippen LogP contribution is 2.19. The average Bonchev–Trinajstić information content (AvgIpc) is 1.95. The van der Waals surface area contributed by atoms with Crippen molar-refractivity contribution >= 4 is 11.9 Å². The molecule has 0 heterocycles. The van der Waals surface area contributed by atoms with Gasteiger partial charge in [-0.1, -0.05) is 20.8 Å². The standard InChI is InChI=1S/C10H20N2O3/c1-6(11)5-7(13)12-8(9(14)15)10(2,3)4/h6,8H,5,11H2,1-4H3,(H,12,13)(H,14,15)/t6?,8-/m1/s1. The molecular weight excluding hydrogens is 196 g/mol. The Hall–Kier alpha value is -1.10. The van der Waals surface area contributed by atoms with E-state index < -0.39 is 17.4 Å². The van der Waals surface area contributed by atoms with Crippen molar-refractivity contribution < 1.29 is 14.7 Å². The molecule has 5 nitrogen and oxygen atoms in total. The fourth-order valence-electron chi connectivity index (χ4n) is 1.16. The number of rotatable bonds is 4. The van der Waals surface area contributed by atoms with E-state index in [0.717, 1.165) is 0 Å². The molecule has 88 valence electrons. The van der Waals surface area contributed by atoms with Crippen LogP contribution in [0.4, 0.5) is 0 Å². The van der Waals surface area contributed by atoms with Crippen LogP contribution in [0.25, 0.3) is 0 Å². The fraction of sp³-hybridized carbons (Fsp3) is 0.800. The maximum absolute atomic E-state index is 11.4. The van der Waals surface area contributed by atoms with Gasteiger partial charge in [0, 0.05) is 12.5 Å². The third-order valence-electron chi connectivity index (χ3n) is 1.93. The minimum Gasteiger partial charge on any atom is -0.480 e. The van der Waals surface area contributed by atoms with Gasteiger partial charge in [-0.15, -0.1) is 0 Å². The van der Waals surface area contributed by atoms with E-state index in [0.29, 0.717) is 0 Å². The molecule has 0 aromatic heterocycles. The van der Waals surface area contributed by atoms with Gasteiger partial charge >= 0.3 is 5.97 Å². The molecule has 0 spiro atoms. The monoisotopic (exact) mass is 216 g/mol. The normalized spacial score (nSPS) is 15.5. The Morgan fingerprint density at radius 1 is 1.40 bits per heavy atom. The van der Waals surface area contributed by atoms with Crippen LogP contribution in [0.1, 0.15) is 34.1 Å². The van der Waals surface area contributed by atoms with Crippen molar-refractivity contribution in [2.24, 2.45) is 11.1 Å². The number of nitrogens with one attached hydrogen (secondary N) is 1. The Labute approximate surface area is 90.0 Å². The summed E-state index contributed by atoms with van der Waals surface area (Å²) in [5.74, 6) is -1.35. The lowest BCUT2D eigenvalue weighted by Crippen LogP contribution is -2.49. The van der Waals surface area contributed by atoms with Crippen LogP contribution in [0.3, 0.4) is 0 Å². The van der Waals surface area contributed by atoms with Gasteiger partial charge in [-0.25, -0.2) is 4.79 Å². The van der Waals surface area contributed by atoms with Crippen molar-refractivity contribution in [3.63, 3.8) is 0 Å². The predicted molar refractivity (Wildman–Crippen MR) is 57.3 cm³/mol. The molecule has 0 rings (SSSR count). The van der Waals surface area contributed by atoms with Gasteiger partial charge in [0.2, 0.25) is 5.91 Å². The summed E-state index contributed by atoms with van der Waals surface area (Å²) in [6, 6.07) is -1.15. The third-order valence-corrected chi connectivity index (χ3v) is 1.93. The number of carboxylic acids is 1. The highest BCUT2D eigenvalue weighted by molar-refractivity contribution is 5.84. The van der Waals surface area contributed by atoms with Gasteiger partial charge in [0.05, 0.1) is 0 Å². The largest absolute Gasteiger partial charge is 0.480 e. The van der Waals surface area contributed by atoms with Crippen molar-refractivity contribution in [3.8, 4) is 0 Å². The number of carbonyl (C=O) groups is 2. The Balaban J connectivity index is 4.44. The molecule has 0 aromatic rings. The summed E-state index contributed by atoms with van der Waals surface area (Å²) in [5, 5.41) is 11.4. The lowest BCUT2D eigenvalue weighted by Gasteiger charge is -2.28. The van der Waals surface area contributed by atoms with Crippen LogP contribution in [0.2, 0.25) is 0 Å². The Bertz CT molecular complexity index is 244. The first-order valence-corrected chi connectivity index (χ1v) is 4.92. The number of carbonyl (C=O) groups excluding carboxylic acids is 1. The molecule has 0 saturated heterocycles. The Morgan fingerprint density at radius 2 is 1.87 bits per heavy atom. The quantitative estimate of drug-likeness (QED) is 0.631. The summed E-state index contributed by atoms with van der Waals surface area (Å²) in [5.41, 5.74) is 4.93. The lowest BCUT2D eigenvalue weighted by molar-refractivity contribution is -0.145. The summed E-state index contributed by atoms with van der Waals surface area (Å²) in [7, 11) is 0. The Morgan fingerprint density at radius 3 is 2.13 bits per heavy atom. The summed E-state index contributed by atoms with van der Waals surface area (Å²) in [6.07, 6.45) is 0.139. The second-order valence-electron chi connectivity index (χ2n) is 4.89. The van der Waals surface area contributed by atoms with Crippen molar-refractivity contribution in [3.05, 3.63) is 0 Å². The van der Waals surface area contributed by atoms with Crippen LogP contribution in [0.15, 0.2) is 0 Å². The molecule has 0 aliphatic carbocycles. The summed E-state index contributed by atoms with van der Waals surface area (Å²) in [4.78, 5) is 22.3. The first-order valence-electron chi connectivity index (χ1n) is 4.92. The lowest BCUT2D eigenvalue weighted by atomic mass is 9.86. The molecule has 4 N–H and O–H groups in total. The molecule has 1 amide bonds. The van der Waals surface area contributed by atoms with E-state index >= 15 is 0 Å². The predicted octanol–water partition coefficient (Wildman–Crippen LogP) is 0.339. The van der Waals surface area contributed by atoms with Gasteiger partial charge in [0.15, 0.2) is 0 Å². The van der Waals surface area contributed by atoms with Gasteiger partial charge in [0.1, 0.15) is 6.04 Å². The van der Waals surface area contributed by atoms with Crippen molar-refractivity contribution in [2.45, 2.75) is 46.2 Å². The van der Waals surface area contributed by atoms with Crippen LogP contribution >= 0.6 is 0 Å². The summed E-state index contributed by atoms with van der Waals surface area (Å²) >= 11 is 0. The summed E-state index contributed by atoms with van der Waals surface area (Å²) < 4.78 is 0. The molecule has 0 bridgehead atoms. The smallest absolute Gasteiger partial charge is 0.326 e. The average molecular weight is 216 g/mol. The number of amides is 1. The molecule has 0 aliphatic heterocycles. The Kier molecular flexibility index (Phi) is 4.74. The molecule has 5 heteroatoms. The van der Waals surface area contributed by atoms with Gasteiger partial charge in [-0.3, -0.25) is 4.79 Å². The second-order valence-corrected chi connectivity index (χ2v) is 4.89. The number of hydrogen-bond donors (Lipinski definition) is 3. The maximum Gasteiger partial charge on any atom is 0.326 e. The highest BCUT2D eigenvalue weighted by Gasteiger charge is 2.32. The van der Waals surface area contributed by atoms with E-state index in [9.17, 15) is 9.59 Å². The number of nitrogens with two attached hydrogens (primary N) is 1. The zero-order valence-electron chi connectivity index (χ0n) is 9.70. The minimum absolute atomic E-state index is 0.139. The van der Waals surface area contributed by atoms with E-state index in [4.69, 9.17) is 10.8 Å². The number of hydrogen-bond acceptors (Lipinski definition) is 3. The molecule has 2 atom stereocenters. The van der Waals surface area contributed by atoms with Crippen LogP contribution in [0.5, 0.6) is 0 Å². The maximum atomic E-state index is 11.4. The first kappa shape index (κ1) is 13.9. The van der Waals surface area contributed by atoms with Crippen LogP contribution in [-0.2, 0) is 9.59 Å². The summed E-state index contributed by atoms with van der Waals surface area (Å²) in [6.45, 7) is 6.99. The molecule has 0 radical (unpaired) electrons. The van der Waals surface area contributed by atoms with Crippen molar-refractivity contribution in [1.29, 1.82) is 0 Å². The third kappa shape index (κ3) is 5.37. The molecule has 0 saturated carbocycles. The number of carboxylic acid groups (broad SMARTS) is 1. The van der Waals surface area contributed by atoms with E-state index in [-0.39, 0.29) is 18.4 Å². The SMILES string of the molecule is CC(N)CC(=O)N[C@H](C(=O)O)C(C)(C)C. The minimum atomic E-state index is -1.03. The molecule has 0 fully saturated rings. The fourth-order valence-corrected chi connectivity index (χ4v) is 1.16. The van der Waals surface area contributed by atoms with Crippen LogP contribution < -0.4 is 11.1 Å². The number of aliphatic carboxylic acids is 1. The van der Waals surface area contributed by atoms with Crippen molar-refractivity contribution in [2.75, 3.05) is 0 Å². The van der Waals surface area contributed by atoms with E-state index in [2.05, 4.69) is 5.32 Å². The molecular formula is C10H20N2O3. The zero-order chi connectivity index (χ0) is 12.2. The van der Waals surface area contributed by atoms with E-state index in [1.807, 2.05) is 0 Å². The van der Waals surface area contributed by atoms with Gasteiger partial charge in [-0.05, 0) is 12.3 Å². The van der Waals surface area contributed by atoms with Crippen molar-refractivity contribution in [1.82, 2.24) is 5.32 Å². The van der Waals surface area contributed by atoms with Crippen LogP contribution in [0, 0.1) is 5.41 Å². The van der Waals surface area contributed by atoms with E-state index in [1.165, 1.54) is 0 Å². The van der Waals surface area contributed by atoms with Gasteiger partial charge < -0.3 is 16.2 Å². The molecule has 1 unspecified atom stereocenters. The van der Waals surface area contributed by atoms with Crippen LogP contribution in [-0.4, -0.2) is 29.1 Å². The second kappa shape index (κ2) is 5.11. The van der Waals surface area contributed by atoms with E-state index in [1.54, 1.807) is 27.7 Å².